The maximum atomic E-state index is 14.7. The van der Waals surface area contributed by atoms with Gasteiger partial charge < -0.3 is 19.4 Å². The van der Waals surface area contributed by atoms with Gasteiger partial charge in [0.15, 0.2) is 8.32 Å². The van der Waals surface area contributed by atoms with Crippen molar-refractivity contribution in [3.63, 3.8) is 0 Å². The Hall–Kier alpha value is -2.75. The second-order valence-corrected chi connectivity index (χ2v) is 18.8. The molecule has 0 radical (unpaired) electrons. The number of anilines is 2. The quantitative estimate of drug-likeness (QED) is 0.281. The Bertz CT molecular complexity index is 1530. The third kappa shape index (κ3) is 6.69. The van der Waals surface area contributed by atoms with E-state index in [1.165, 1.54) is 6.07 Å². The summed E-state index contributed by atoms with van der Waals surface area (Å²) in [6.45, 7) is 18.4. The first kappa shape index (κ1) is 31.7. The molecule has 0 aliphatic carbocycles. The van der Waals surface area contributed by atoms with E-state index in [0.717, 1.165) is 72.6 Å². The van der Waals surface area contributed by atoms with Crippen LogP contribution < -0.4 is 15.8 Å². The molecule has 234 valence electrons. The molecule has 9 heteroatoms. The predicted molar refractivity (Wildman–Crippen MR) is 176 cm³/mol. The lowest BCUT2D eigenvalue weighted by Gasteiger charge is -2.43. The molecule has 2 aromatic carbocycles. The van der Waals surface area contributed by atoms with Gasteiger partial charge in [-0.1, -0.05) is 26.8 Å². The summed E-state index contributed by atoms with van der Waals surface area (Å²) in [5.74, 6) is 0.757. The molecule has 3 heterocycles. The third-order valence-corrected chi connectivity index (χ3v) is 14.3. The SMILES string of the molecule is Cc1cc([C@@H](C)Nc2ccc(F)cc2N2CCC[C@@H](O[Si](C)(C)C(C)(C)C)C2)c2nc(C3CCOCC3)n(C)c(=O)c2c1. The van der Waals surface area contributed by atoms with Gasteiger partial charge in [0, 0.05) is 44.8 Å². The summed E-state index contributed by atoms with van der Waals surface area (Å²) < 4.78 is 28.8. The minimum Gasteiger partial charge on any atom is -0.412 e. The number of benzene rings is 2. The molecule has 1 N–H and O–H groups in total. The van der Waals surface area contributed by atoms with Crippen LogP contribution in [0.3, 0.4) is 0 Å². The van der Waals surface area contributed by atoms with Crippen molar-refractivity contribution in [2.24, 2.45) is 7.05 Å². The van der Waals surface area contributed by atoms with Crippen molar-refractivity contribution in [3.8, 4) is 0 Å². The van der Waals surface area contributed by atoms with Gasteiger partial charge in [-0.05, 0) is 87.5 Å². The Morgan fingerprint density at radius 2 is 1.86 bits per heavy atom. The molecule has 0 spiro atoms. The first-order chi connectivity index (χ1) is 20.2. The Balaban J connectivity index is 1.47. The van der Waals surface area contributed by atoms with Crippen molar-refractivity contribution in [2.45, 2.75) is 96.5 Å². The molecule has 2 aliphatic rings. The summed E-state index contributed by atoms with van der Waals surface area (Å²) in [5.41, 5.74) is 4.40. The number of aromatic nitrogens is 2. The van der Waals surface area contributed by atoms with Crippen LogP contribution in [-0.2, 0) is 16.2 Å². The number of piperidine rings is 1. The molecule has 0 saturated carbocycles. The summed E-state index contributed by atoms with van der Waals surface area (Å²) in [5, 5.41) is 4.44. The topological polar surface area (TPSA) is 68.6 Å². The Morgan fingerprint density at radius 3 is 2.56 bits per heavy atom. The van der Waals surface area contributed by atoms with Crippen LogP contribution >= 0.6 is 0 Å². The number of ether oxygens (including phenoxy) is 1. The van der Waals surface area contributed by atoms with Crippen LogP contribution in [0.15, 0.2) is 35.1 Å². The number of nitrogens with one attached hydrogen (secondary N) is 1. The van der Waals surface area contributed by atoms with E-state index >= 15 is 0 Å². The number of hydrogen-bond acceptors (Lipinski definition) is 6. The van der Waals surface area contributed by atoms with E-state index in [-0.39, 0.29) is 34.5 Å². The first-order valence-corrected chi connectivity index (χ1v) is 18.7. The van der Waals surface area contributed by atoms with E-state index < -0.39 is 8.32 Å². The average molecular weight is 609 g/mol. The van der Waals surface area contributed by atoms with Crippen LogP contribution in [-0.4, -0.2) is 50.3 Å². The Kier molecular flexibility index (Phi) is 9.08. The van der Waals surface area contributed by atoms with Crippen LogP contribution in [0.4, 0.5) is 15.8 Å². The zero-order chi connectivity index (χ0) is 31.1. The lowest BCUT2D eigenvalue weighted by atomic mass is 9.97. The van der Waals surface area contributed by atoms with Gasteiger partial charge in [-0.15, -0.1) is 0 Å². The van der Waals surface area contributed by atoms with Crippen LogP contribution in [0.1, 0.15) is 82.3 Å². The molecule has 43 heavy (non-hydrogen) atoms. The van der Waals surface area contributed by atoms with Crippen LogP contribution in [0.25, 0.3) is 10.9 Å². The third-order valence-electron chi connectivity index (χ3n) is 9.76. The average Bonchev–Trinajstić information content (AvgIpc) is 2.95. The van der Waals surface area contributed by atoms with Crippen LogP contribution in [0.5, 0.6) is 0 Å². The summed E-state index contributed by atoms with van der Waals surface area (Å²) in [6, 6.07) is 8.87. The van der Waals surface area contributed by atoms with Crippen LogP contribution in [0.2, 0.25) is 18.1 Å². The molecule has 1 aromatic heterocycles. The van der Waals surface area contributed by atoms with Gasteiger partial charge in [0.1, 0.15) is 11.6 Å². The molecule has 0 amide bonds. The maximum absolute atomic E-state index is 14.7. The molecule has 3 aromatic rings. The van der Waals surface area contributed by atoms with Gasteiger partial charge in [0.05, 0.1) is 34.4 Å². The molecular formula is C34H49FN4O3Si. The molecular weight excluding hydrogens is 559 g/mol. The minimum absolute atomic E-state index is 0.0211. The second kappa shape index (κ2) is 12.3. The van der Waals surface area contributed by atoms with Gasteiger partial charge in [0.2, 0.25) is 0 Å². The maximum Gasteiger partial charge on any atom is 0.261 e. The van der Waals surface area contributed by atoms with E-state index in [1.807, 2.05) is 26.1 Å². The van der Waals surface area contributed by atoms with E-state index in [1.54, 1.807) is 10.6 Å². The van der Waals surface area contributed by atoms with Crippen molar-refractivity contribution in [1.82, 2.24) is 9.55 Å². The fourth-order valence-corrected chi connectivity index (χ4v) is 7.65. The molecule has 2 atom stereocenters. The molecule has 2 aliphatic heterocycles. The van der Waals surface area contributed by atoms with Gasteiger partial charge >= 0.3 is 0 Å². The lowest BCUT2D eigenvalue weighted by Crippen LogP contribution is -2.49. The zero-order valence-electron chi connectivity index (χ0n) is 27.2. The van der Waals surface area contributed by atoms with Crippen molar-refractivity contribution >= 4 is 30.6 Å². The number of fused-ring (bicyclic) bond motifs is 1. The molecule has 5 rings (SSSR count). The van der Waals surface area contributed by atoms with Gasteiger partial charge in [0.25, 0.3) is 5.56 Å². The highest BCUT2D eigenvalue weighted by Gasteiger charge is 2.40. The van der Waals surface area contributed by atoms with E-state index in [9.17, 15) is 9.18 Å². The lowest BCUT2D eigenvalue weighted by molar-refractivity contribution is 0.0828. The number of halogens is 1. The number of rotatable bonds is 7. The fraction of sp³-hybridized carbons (Fsp3) is 0.588. The smallest absolute Gasteiger partial charge is 0.261 e. The van der Waals surface area contributed by atoms with E-state index in [4.69, 9.17) is 14.1 Å². The van der Waals surface area contributed by atoms with Gasteiger partial charge in [-0.25, -0.2) is 9.37 Å². The first-order valence-electron chi connectivity index (χ1n) is 15.8. The van der Waals surface area contributed by atoms with Crippen molar-refractivity contribution in [1.29, 1.82) is 0 Å². The Morgan fingerprint density at radius 1 is 1.14 bits per heavy atom. The van der Waals surface area contributed by atoms with Crippen LogP contribution in [0, 0.1) is 12.7 Å². The fourth-order valence-electron chi connectivity index (χ4n) is 6.27. The predicted octanol–water partition coefficient (Wildman–Crippen LogP) is 7.44. The number of hydrogen-bond donors (Lipinski definition) is 1. The molecule has 0 bridgehead atoms. The van der Waals surface area contributed by atoms with Crippen molar-refractivity contribution in [2.75, 3.05) is 36.5 Å². The molecule has 2 saturated heterocycles. The zero-order valence-corrected chi connectivity index (χ0v) is 28.2. The van der Waals surface area contributed by atoms with Crippen molar-refractivity contribution in [3.05, 3.63) is 63.5 Å². The van der Waals surface area contributed by atoms with Gasteiger partial charge in [-0.3, -0.25) is 9.36 Å². The second-order valence-electron chi connectivity index (χ2n) is 14.1. The number of aryl methyl sites for hydroxylation is 1. The minimum atomic E-state index is -1.93. The van der Waals surface area contributed by atoms with E-state index in [2.05, 4.69) is 57.1 Å². The largest absolute Gasteiger partial charge is 0.412 e. The van der Waals surface area contributed by atoms with Gasteiger partial charge in [-0.2, -0.15) is 0 Å². The standard InChI is InChI=1S/C34H49FN4O3Si/c1-22-18-27(31-28(19-22)33(40)38(6)32(37-31)24-13-16-41-17-14-24)23(2)36-29-12-11-25(35)20-30(29)39-15-9-10-26(21-39)42-43(7,8)34(3,4)5/h11-12,18-20,23-24,26,36H,9-10,13-17,21H2,1-8H3/t23-,26-/m1/s1. The van der Waals surface area contributed by atoms with Crippen molar-refractivity contribution < 1.29 is 13.6 Å². The molecule has 0 unspecified atom stereocenters. The highest BCUT2D eigenvalue weighted by atomic mass is 28.4. The highest BCUT2D eigenvalue weighted by molar-refractivity contribution is 6.74. The summed E-state index contributed by atoms with van der Waals surface area (Å²) >= 11 is 0. The molecule has 2 fully saturated rings. The monoisotopic (exact) mass is 608 g/mol. The summed E-state index contributed by atoms with van der Waals surface area (Å²) in [6.07, 6.45) is 3.84. The summed E-state index contributed by atoms with van der Waals surface area (Å²) in [4.78, 5) is 21.0. The number of nitrogens with zero attached hydrogens (tertiary/aromatic N) is 3. The highest BCUT2D eigenvalue weighted by Crippen LogP contribution is 2.39. The normalized spacial score (nSPS) is 19.6. The molecule has 7 nitrogen and oxygen atoms in total. The summed E-state index contributed by atoms with van der Waals surface area (Å²) in [7, 11) is -0.105. The van der Waals surface area contributed by atoms with E-state index in [0.29, 0.717) is 18.6 Å². The Labute approximate surface area is 256 Å².